The summed E-state index contributed by atoms with van der Waals surface area (Å²) >= 11 is 0. The van der Waals surface area contributed by atoms with Crippen molar-refractivity contribution in [3.8, 4) is 5.75 Å². The summed E-state index contributed by atoms with van der Waals surface area (Å²) in [6, 6.07) is 8.88. The van der Waals surface area contributed by atoms with Gasteiger partial charge in [-0.1, -0.05) is 18.2 Å². The van der Waals surface area contributed by atoms with Gasteiger partial charge in [0.15, 0.2) is 5.75 Å². The lowest BCUT2D eigenvalue weighted by Gasteiger charge is -2.17. The van der Waals surface area contributed by atoms with Crippen LogP contribution in [-0.4, -0.2) is 55.6 Å². The Labute approximate surface area is 199 Å². The number of nitrogens with one attached hydrogen (secondary N) is 1. The summed E-state index contributed by atoms with van der Waals surface area (Å²) in [6.45, 7) is 1.68. The number of phenols is 1. The number of aromatic hydroxyl groups is 1. The van der Waals surface area contributed by atoms with Gasteiger partial charge < -0.3 is 29.8 Å². The first kappa shape index (κ1) is 24.7. The molecule has 1 aliphatic rings. The first-order chi connectivity index (χ1) is 16.5. The second-order valence-corrected chi connectivity index (χ2v) is 9.83. The highest BCUT2D eigenvalue weighted by atomic mass is 31.2. The maximum Gasteiger partial charge on any atom is 0.350 e. The maximum absolute atomic E-state index is 13.3. The molecule has 3 aromatic rings. The highest BCUT2D eigenvalue weighted by Gasteiger charge is 2.36. The van der Waals surface area contributed by atoms with Crippen molar-refractivity contribution in [3.05, 3.63) is 70.7 Å². The second kappa shape index (κ2) is 9.71. The number of pyridine rings is 1. The van der Waals surface area contributed by atoms with Crippen LogP contribution < -0.4 is 5.32 Å². The molecule has 4 N–H and O–H groups in total. The molecule has 2 heterocycles. The van der Waals surface area contributed by atoms with Crippen molar-refractivity contribution in [2.45, 2.75) is 26.1 Å². The van der Waals surface area contributed by atoms with Crippen molar-refractivity contribution in [1.82, 2.24) is 15.2 Å². The van der Waals surface area contributed by atoms with Gasteiger partial charge in [0.1, 0.15) is 17.7 Å². The van der Waals surface area contributed by atoms with Gasteiger partial charge in [0.25, 0.3) is 11.8 Å². The Morgan fingerprint density at radius 2 is 2.00 bits per heavy atom. The number of amides is 2. The fourth-order valence-electron chi connectivity index (χ4n) is 3.96. The molecule has 0 fully saturated rings. The molecule has 1 atom stereocenters. The monoisotopic (exact) mass is 503 g/mol. The minimum Gasteiger partial charge on any atom is -0.505 e. The molecule has 184 valence electrons. The number of benzene rings is 2. The third kappa shape index (κ3) is 5.33. The van der Waals surface area contributed by atoms with E-state index in [0.717, 1.165) is 0 Å². The van der Waals surface area contributed by atoms with Crippen LogP contribution in [0.3, 0.4) is 0 Å². The third-order valence-corrected chi connectivity index (χ3v) is 6.07. The van der Waals surface area contributed by atoms with E-state index in [2.05, 4.69) is 10.3 Å². The molecular weight excluding hydrogens is 480 g/mol. The number of fused-ring (bicyclic) bond motifs is 2. The lowest BCUT2D eigenvalue weighted by Crippen LogP contribution is -2.33. The Balaban J connectivity index is 1.64. The summed E-state index contributed by atoms with van der Waals surface area (Å²) in [7, 11) is -4.35. The van der Waals surface area contributed by atoms with Crippen molar-refractivity contribution in [1.29, 1.82) is 0 Å². The fourth-order valence-corrected chi connectivity index (χ4v) is 4.41. The van der Waals surface area contributed by atoms with E-state index in [0.29, 0.717) is 16.5 Å². The predicted molar refractivity (Wildman–Crippen MR) is 123 cm³/mol. The van der Waals surface area contributed by atoms with E-state index in [1.54, 1.807) is 31.2 Å². The molecule has 0 saturated heterocycles. The maximum atomic E-state index is 13.3. The van der Waals surface area contributed by atoms with Crippen molar-refractivity contribution < 1.29 is 38.2 Å². The normalized spacial score (nSPS) is 14.3. The standard InChI is InChI=1S/C23H23FN3O7P/c1-13(34-12-35(31,32)33)9-26-22(29)18-16-3-2-8-25-20(16)21(28)19-17(18)11-27(23(19)30)10-14-4-6-15(24)7-5-14/h2-8,13,28H,9-12H2,1H3,(H,26,29)(H2,31,32,33)/t13-/m1/s1. The summed E-state index contributed by atoms with van der Waals surface area (Å²) in [4.78, 5) is 49.9. The van der Waals surface area contributed by atoms with E-state index < -0.39 is 37.7 Å². The molecule has 0 spiro atoms. The van der Waals surface area contributed by atoms with Crippen LogP contribution in [0.25, 0.3) is 10.9 Å². The lowest BCUT2D eigenvalue weighted by atomic mass is 9.96. The van der Waals surface area contributed by atoms with Crippen molar-refractivity contribution in [3.63, 3.8) is 0 Å². The number of hydrogen-bond donors (Lipinski definition) is 4. The molecule has 2 amide bonds. The molecule has 12 heteroatoms. The molecule has 0 bridgehead atoms. The van der Waals surface area contributed by atoms with Crippen molar-refractivity contribution in [2.24, 2.45) is 0 Å². The van der Waals surface area contributed by atoms with Crippen LogP contribution in [0.4, 0.5) is 4.39 Å². The molecule has 2 aromatic carbocycles. The average Bonchev–Trinajstić information content (AvgIpc) is 3.13. The van der Waals surface area contributed by atoms with Gasteiger partial charge in [0.2, 0.25) is 0 Å². The zero-order valence-electron chi connectivity index (χ0n) is 18.6. The number of carbonyl (C=O) groups is 2. The van der Waals surface area contributed by atoms with E-state index in [-0.39, 0.29) is 42.0 Å². The van der Waals surface area contributed by atoms with E-state index in [9.17, 15) is 23.7 Å². The summed E-state index contributed by atoms with van der Waals surface area (Å²) in [5.41, 5.74) is 1.25. The van der Waals surface area contributed by atoms with Gasteiger partial charge in [0, 0.05) is 36.8 Å². The van der Waals surface area contributed by atoms with Crippen LogP contribution in [0.1, 0.15) is 38.8 Å². The number of ether oxygens (including phenoxy) is 1. The predicted octanol–water partition coefficient (Wildman–Crippen LogP) is 2.51. The number of carbonyl (C=O) groups excluding carboxylic acids is 2. The SMILES string of the molecule is C[C@H](CNC(=O)c1c2c(c(O)c3ncccc13)C(=O)N(Cc1ccc(F)cc1)C2)OCP(=O)(O)O. The molecule has 10 nitrogen and oxygen atoms in total. The molecule has 1 aliphatic heterocycles. The van der Waals surface area contributed by atoms with Gasteiger partial charge in [-0.2, -0.15) is 0 Å². The van der Waals surface area contributed by atoms with Crippen LogP contribution in [0.5, 0.6) is 5.75 Å². The van der Waals surface area contributed by atoms with Gasteiger partial charge in [-0.05, 0) is 30.7 Å². The lowest BCUT2D eigenvalue weighted by molar-refractivity contribution is 0.0758. The van der Waals surface area contributed by atoms with Gasteiger partial charge in [-0.15, -0.1) is 0 Å². The highest BCUT2D eigenvalue weighted by molar-refractivity contribution is 7.51. The van der Waals surface area contributed by atoms with Crippen LogP contribution in [0.15, 0.2) is 42.6 Å². The van der Waals surface area contributed by atoms with E-state index >= 15 is 0 Å². The molecule has 0 saturated carbocycles. The number of phenolic OH excluding ortho intramolecular Hbond substituents is 1. The third-order valence-electron chi connectivity index (χ3n) is 5.58. The van der Waals surface area contributed by atoms with Crippen molar-refractivity contribution in [2.75, 3.05) is 12.9 Å². The van der Waals surface area contributed by atoms with Gasteiger partial charge in [0.05, 0.1) is 17.2 Å². The summed E-state index contributed by atoms with van der Waals surface area (Å²) in [6.07, 6.45) is -0.0416. The summed E-state index contributed by atoms with van der Waals surface area (Å²) < 4.78 is 29.4. The number of nitrogens with zero attached hydrogens (tertiary/aromatic N) is 2. The number of halogens is 1. The fraction of sp³-hybridized carbons (Fsp3) is 0.261. The highest BCUT2D eigenvalue weighted by Crippen LogP contribution is 2.40. The number of aromatic nitrogens is 1. The van der Waals surface area contributed by atoms with E-state index in [1.165, 1.54) is 23.2 Å². The second-order valence-electron chi connectivity index (χ2n) is 8.25. The molecular formula is C23H23FN3O7P. The first-order valence-corrected chi connectivity index (χ1v) is 12.5. The Bertz CT molecular complexity index is 1340. The van der Waals surface area contributed by atoms with E-state index in [4.69, 9.17) is 14.5 Å². The smallest absolute Gasteiger partial charge is 0.350 e. The summed E-state index contributed by atoms with van der Waals surface area (Å²) in [5, 5.41) is 13.9. The van der Waals surface area contributed by atoms with E-state index in [1.807, 2.05) is 0 Å². The summed E-state index contributed by atoms with van der Waals surface area (Å²) in [5.74, 6) is -1.76. The topological polar surface area (TPSA) is 149 Å². The van der Waals surface area contributed by atoms with Gasteiger partial charge in [-0.25, -0.2) is 4.39 Å². The largest absolute Gasteiger partial charge is 0.505 e. The Kier molecular flexibility index (Phi) is 6.86. The molecule has 4 rings (SSSR count). The quantitative estimate of drug-likeness (QED) is 0.343. The zero-order valence-corrected chi connectivity index (χ0v) is 19.5. The Morgan fingerprint density at radius 1 is 1.29 bits per heavy atom. The number of hydrogen-bond acceptors (Lipinski definition) is 6. The Morgan fingerprint density at radius 3 is 2.69 bits per heavy atom. The van der Waals surface area contributed by atoms with Gasteiger partial charge in [-0.3, -0.25) is 19.1 Å². The first-order valence-electron chi connectivity index (χ1n) is 10.7. The molecule has 0 aliphatic carbocycles. The zero-order chi connectivity index (χ0) is 25.3. The molecule has 0 radical (unpaired) electrons. The molecule has 0 unspecified atom stereocenters. The number of rotatable bonds is 8. The van der Waals surface area contributed by atoms with Crippen LogP contribution in [0, 0.1) is 5.82 Å². The molecule has 1 aromatic heterocycles. The van der Waals surface area contributed by atoms with Crippen LogP contribution in [-0.2, 0) is 22.4 Å². The Hall–Kier alpha value is -3.37. The van der Waals surface area contributed by atoms with Crippen LogP contribution in [0.2, 0.25) is 0 Å². The minimum atomic E-state index is -4.35. The average molecular weight is 503 g/mol. The minimum absolute atomic E-state index is 0.0192. The van der Waals surface area contributed by atoms with Gasteiger partial charge >= 0.3 is 7.60 Å². The molecule has 35 heavy (non-hydrogen) atoms. The van der Waals surface area contributed by atoms with Crippen LogP contribution >= 0.6 is 7.60 Å². The van der Waals surface area contributed by atoms with Crippen molar-refractivity contribution >= 4 is 30.3 Å².